The second-order valence-electron chi connectivity index (χ2n) is 10.3. The number of thiazole rings is 3. The van der Waals surface area contributed by atoms with E-state index < -0.39 is 0 Å². The van der Waals surface area contributed by atoms with E-state index in [1.165, 1.54) is 35.3 Å². The van der Waals surface area contributed by atoms with Crippen LogP contribution in [0.15, 0.2) is 12.4 Å². The fourth-order valence-electron chi connectivity index (χ4n) is 3.27. The highest BCUT2D eigenvalue weighted by atomic mass is 32.1. The van der Waals surface area contributed by atoms with Crippen LogP contribution in [-0.4, -0.2) is 15.0 Å². The van der Waals surface area contributed by atoms with Gasteiger partial charge in [0.2, 0.25) is 0 Å². The second kappa shape index (κ2) is 7.86. The Bertz CT molecular complexity index is 983. The maximum Gasteiger partial charge on any atom is 0.0990 e. The Hall–Kier alpha value is -1.11. The molecule has 3 aromatic rings. The molecule has 0 saturated carbocycles. The van der Waals surface area contributed by atoms with Crippen molar-refractivity contribution in [1.29, 1.82) is 0 Å². The first kappa shape index (κ1) is 22.6. The van der Waals surface area contributed by atoms with Gasteiger partial charge in [-0.2, -0.15) is 0 Å². The molecule has 3 nitrogen and oxygen atoms in total. The number of aromatic nitrogens is 3. The molecule has 0 aliphatic rings. The van der Waals surface area contributed by atoms with Gasteiger partial charge in [-0.15, -0.1) is 34.0 Å². The van der Waals surface area contributed by atoms with E-state index >= 15 is 0 Å². The average molecular weight is 448 g/mol. The van der Waals surface area contributed by atoms with E-state index in [1.54, 1.807) is 11.3 Å². The summed E-state index contributed by atoms with van der Waals surface area (Å²) in [5, 5.41) is 3.64. The van der Waals surface area contributed by atoms with Crippen LogP contribution in [0.4, 0.5) is 0 Å². The van der Waals surface area contributed by atoms with Gasteiger partial charge < -0.3 is 0 Å². The smallest absolute Gasteiger partial charge is 0.0990 e. The van der Waals surface area contributed by atoms with Gasteiger partial charge in [0.25, 0.3) is 0 Å². The minimum atomic E-state index is -0.00270. The minimum absolute atomic E-state index is 0.00270. The summed E-state index contributed by atoms with van der Waals surface area (Å²) in [6, 6.07) is 0. The lowest BCUT2D eigenvalue weighted by atomic mass is 9.89. The molecule has 0 fully saturated rings. The lowest BCUT2D eigenvalue weighted by Crippen LogP contribution is -2.20. The first-order chi connectivity index (χ1) is 13.3. The third kappa shape index (κ3) is 5.15. The maximum atomic E-state index is 5.00. The fraction of sp³-hybridized carbons (Fsp3) is 0.609. The minimum Gasteiger partial charge on any atom is -0.249 e. The van der Waals surface area contributed by atoms with Gasteiger partial charge in [0.1, 0.15) is 0 Å². The summed E-state index contributed by atoms with van der Waals surface area (Å²) >= 11 is 5.52. The van der Waals surface area contributed by atoms with Crippen molar-refractivity contribution in [2.24, 2.45) is 0 Å². The summed E-state index contributed by atoms with van der Waals surface area (Å²) in [5.74, 6) is 0. The van der Waals surface area contributed by atoms with E-state index in [4.69, 9.17) is 4.98 Å². The zero-order valence-electron chi connectivity index (χ0n) is 19.1. The quantitative estimate of drug-likeness (QED) is 0.408. The first-order valence-electron chi connectivity index (χ1n) is 10.1. The molecule has 0 unspecified atom stereocenters. The summed E-state index contributed by atoms with van der Waals surface area (Å²) in [6.45, 7) is 20.1. The highest BCUT2D eigenvalue weighted by Crippen LogP contribution is 2.38. The van der Waals surface area contributed by atoms with Gasteiger partial charge in [0.05, 0.1) is 20.7 Å². The molecule has 3 heterocycles. The van der Waals surface area contributed by atoms with Crippen molar-refractivity contribution in [3.63, 3.8) is 0 Å². The van der Waals surface area contributed by atoms with Crippen LogP contribution >= 0.6 is 34.0 Å². The molecule has 158 valence electrons. The molecule has 3 rings (SSSR count). The second-order valence-corrected chi connectivity index (χ2v) is 13.7. The summed E-state index contributed by atoms with van der Waals surface area (Å²) in [6.07, 6.45) is 6.00. The van der Waals surface area contributed by atoms with Crippen molar-refractivity contribution in [2.45, 2.75) is 91.4 Å². The molecule has 0 spiro atoms. The normalized spacial score (nSPS) is 13.3. The van der Waals surface area contributed by atoms with E-state index in [0.717, 1.165) is 12.8 Å². The third-order valence-corrected chi connectivity index (χ3v) is 9.31. The van der Waals surface area contributed by atoms with Crippen LogP contribution in [0.5, 0.6) is 0 Å². The van der Waals surface area contributed by atoms with Crippen LogP contribution in [0.1, 0.15) is 83.8 Å². The van der Waals surface area contributed by atoms with Gasteiger partial charge >= 0.3 is 0 Å². The van der Waals surface area contributed by atoms with Crippen LogP contribution in [0.3, 0.4) is 0 Å². The maximum absolute atomic E-state index is 5.00. The van der Waals surface area contributed by atoms with Gasteiger partial charge in [-0.1, -0.05) is 48.5 Å². The Morgan fingerprint density at radius 1 is 0.724 bits per heavy atom. The Labute approximate surface area is 187 Å². The van der Waals surface area contributed by atoms with Crippen molar-refractivity contribution >= 4 is 34.0 Å². The fourth-order valence-corrected chi connectivity index (χ4v) is 6.73. The lowest BCUT2D eigenvalue weighted by molar-refractivity contribution is 0.520. The van der Waals surface area contributed by atoms with E-state index in [1.807, 2.05) is 28.9 Å². The largest absolute Gasteiger partial charge is 0.249 e. The molecular weight excluding hydrogens is 414 g/mol. The first-order valence-corrected chi connectivity index (χ1v) is 12.6. The molecule has 0 amide bonds. The standard InChI is InChI=1S/C23H33N3S3/c1-14-12-24-19(27-14)23(8,9)11-17-15(2)26-20(29-17)22(6,7)10-16-13-25-18(28-16)21(3,4)5/h12-13H,10-11H2,1-9H3. The van der Waals surface area contributed by atoms with Gasteiger partial charge in [-0.25, -0.2) is 15.0 Å². The van der Waals surface area contributed by atoms with E-state index in [-0.39, 0.29) is 16.2 Å². The molecule has 0 N–H and O–H groups in total. The van der Waals surface area contributed by atoms with Gasteiger partial charge in [0, 0.05) is 43.3 Å². The Morgan fingerprint density at radius 3 is 1.90 bits per heavy atom. The highest BCUT2D eigenvalue weighted by Gasteiger charge is 2.31. The molecule has 0 atom stereocenters. The summed E-state index contributed by atoms with van der Waals surface area (Å²) in [4.78, 5) is 18.3. The van der Waals surface area contributed by atoms with E-state index in [2.05, 4.69) is 78.5 Å². The van der Waals surface area contributed by atoms with Crippen molar-refractivity contribution in [2.75, 3.05) is 0 Å². The Kier molecular flexibility index (Phi) is 6.12. The summed E-state index contributed by atoms with van der Waals surface area (Å²) in [7, 11) is 0. The van der Waals surface area contributed by atoms with Crippen LogP contribution in [0, 0.1) is 13.8 Å². The summed E-state index contributed by atoms with van der Waals surface area (Å²) < 4.78 is 0. The van der Waals surface area contributed by atoms with E-state index in [0.29, 0.717) is 0 Å². The number of hydrogen-bond acceptors (Lipinski definition) is 6. The predicted octanol–water partition coefficient (Wildman–Crippen LogP) is 7.01. The monoisotopic (exact) mass is 447 g/mol. The number of rotatable bonds is 6. The van der Waals surface area contributed by atoms with Gasteiger partial charge in [0.15, 0.2) is 0 Å². The topological polar surface area (TPSA) is 38.7 Å². The lowest BCUT2D eigenvalue weighted by Gasteiger charge is -2.22. The van der Waals surface area contributed by atoms with E-state index in [9.17, 15) is 0 Å². The molecule has 0 saturated heterocycles. The zero-order chi connectivity index (χ0) is 21.6. The molecule has 6 heteroatoms. The molecule has 0 bridgehead atoms. The van der Waals surface area contributed by atoms with Crippen LogP contribution < -0.4 is 0 Å². The van der Waals surface area contributed by atoms with Gasteiger partial charge in [-0.3, -0.25) is 0 Å². The Balaban J connectivity index is 1.80. The van der Waals surface area contributed by atoms with Crippen molar-refractivity contribution in [3.05, 3.63) is 47.7 Å². The molecule has 0 radical (unpaired) electrons. The predicted molar refractivity (Wildman–Crippen MR) is 128 cm³/mol. The van der Waals surface area contributed by atoms with Crippen molar-refractivity contribution in [1.82, 2.24) is 15.0 Å². The SMILES string of the molecule is Cc1cnc(C(C)(C)Cc2sc(C(C)(C)Cc3cnc(C(C)(C)C)s3)nc2C)s1. The van der Waals surface area contributed by atoms with Crippen molar-refractivity contribution < 1.29 is 0 Å². The molecular formula is C23H33N3S3. The van der Waals surface area contributed by atoms with Crippen LogP contribution in [-0.2, 0) is 29.1 Å². The Morgan fingerprint density at radius 2 is 1.34 bits per heavy atom. The van der Waals surface area contributed by atoms with Gasteiger partial charge in [-0.05, 0) is 26.7 Å². The zero-order valence-corrected chi connectivity index (χ0v) is 21.6. The molecule has 3 aromatic heterocycles. The molecule has 0 aromatic carbocycles. The average Bonchev–Trinajstić information content (AvgIpc) is 3.28. The summed E-state index contributed by atoms with van der Waals surface area (Å²) in [5.41, 5.74) is 1.30. The van der Waals surface area contributed by atoms with Crippen LogP contribution in [0.2, 0.25) is 0 Å². The van der Waals surface area contributed by atoms with Crippen molar-refractivity contribution in [3.8, 4) is 0 Å². The highest BCUT2D eigenvalue weighted by molar-refractivity contribution is 7.12. The molecule has 0 aliphatic heterocycles. The number of hydrogen-bond donors (Lipinski definition) is 0. The molecule has 29 heavy (non-hydrogen) atoms. The third-order valence-electron chi connectivity index (χ3n) is 5.09. The number of nitrogens with zero attached hydrogens (tertiary/aromatic N) is 3. The number of aryl methyl sites for hydroxylation is 2. The van der Waals surface area contributed by atoms with Crippen LogP contribution in [0.25, 0.3) is 0 Å². The molecule has 0 aliphatic carbocycles.